The van der Waals surface area contributed by atoms with E-state index in [0.717, 1.165) is 6.07 Å². The van der Waals surface area contributed by atoms with Crippen LogP contribution in [0, 0.1) is 15.9 Å². The monoisotopic (exact) mass is 382 g/mol. The van der Waals surface area contributed by atoms with Crippen molar-refractivity contribution in [1.82, 2.24) is 0 Å². The van der Waals surface area contributed by atoms with E-state index in [-0.39, 0.29) is 22.1 Å². The molecule has 0 saturated carbocycles. The normalized spacial score (nSPS) is 10.1. The number of benzene rings is 2. The van der Waals surface area contributed by atoms with Crippen LogP contribution in [0.5, 0.6) is 5.75 Å². The van der Waals surface area contributed by atoms with Gasteiger partial charge in [0.05, 0.1) is 4.92 Å². The van der Waals surface area contributed by atoms with E-state index in [1.807, 2.05) is 0 Å². The molecule has 0 atom stereocenters. The molecule has 2 rings (SSSR count). The van der Waals surface area contributed by atoms with Crippen molar-refractivity contribution in [1.29, 1.82) is 0 Å². The zero-order valence-electron chi connectivity index (χ0n) is 13.1. The Labute approximate surface area is 151 Å². The highest BCUT2D eigenvalue weighted by Gasteiger charge is 2.15. The largest absolute Gasteiger partial charge is 0.479 e. The molecule has 0 heterocycles. The fraction of sp³-hybridized carbons (Fsp3) is 0.125. The summed E-state index contributed by atoms with van der Waals surface area (Å²) in [7, 11) is 0. The maximum absolute atomic E-state index is 13.3. The molecule has 0 radical (unpaired) electrons. The lowest BCUT2D eigenvalue weighted by molar-refractivity contribution is -0.384. The van der Waals surface area contributed by atoms with Crippen LogP contribution in [-0.2, 0) is 14.3 Å². The Morgan fingerprint density at radius 3 is 2.62 bits per heavy atom. The summed E-state index contributed by atoms with van der Waals surface area (Å²) in [5, 5.41) is 13.0. The Morgan fingerprint density at radius 2 is 1.92 bits per heavy atom. The molecule has 1 amide bonds. The molecule has 0 aliphatic carbocycles. The van der Waals surface area contributed by atoms with Gasteiger partial charge in [0.25, 0.3) is 11.6 Å². The first-order valence-electron chi connectivity index (χ1n) is 7.13. The number of carbonyl (C=O) groups excluding carboxylic acids is 2. The van der Waals surface area contributed by atoms with Crippen molar-refractivity contribution >= 4 is 34.9 Å². The second-order valence-corrected chi connectivity index (χ2v) is 5.26. The van der Waals surface area contributed by atoms with E-state index < -0.39 is 35.8 Å². The molecule has 0 aliphatic rings. The first kappa shape index (κ1) is 19.1. The number of carbonyl (C=O) groups is 2. The van der Waals surface area contributed by atoms with Crippen molar-refractivity contribution in [2.45, 2.75) is 0 Å². The number of nitro benzene ring substituents is 1. The van der Waals surface area contributed by atoms with Crippen molar-refractivity contribution in [3.05, 3.63) is 63.4 Å². The molecule has 0 saturated heterocycles. The van der Waals surface area contributed by atoms with Gasteiger partial charge in [-0.05, 0) is 24.3 Å². The lowest BCUT2D eigenvalue weighted by Crippen LogP contribution is -2.23. The highest BCUT2D eigenvalue weighted by molar-refractivity contribution is 6.32. The fourth-order valence-corrected chi connectivity index (χ4v) is 2.00. The van der Waals surface area contributed by atoms with Gasteiger partial charge in [-0.3, -0.25) is 14.9 Å². The maximum Gasteiger partial charge on any atom is 0.344 e. The average molecular weight is 383 g/mol. The molecule has 0 bridgehead atoms. The van der Waals surface area contributed by atoms with E-state index in [9.17, 15) is 24.1 Å². The van der Waals surface area contributed by atoms with Gasteiger partial charge in [-0.1, -0.05) is 23.7 Å². The zero-order valence-corrected chi connectivity index (χ0v) is 13.9. The molecule has 2 aromatic carbocycles. The van der Waals surface area contributed by atoms with Crippen LogP contribution in [0.1, 0.15) is 0 Å². The van der Waals surface area contributed by atoms with E-state index in [4.69, 9.17) is 16.3 Å². The first-order valence-corrected chi connectivity index (χ1v) is 7.51. The third kappa shape index (κ3) is 5.42. The number of esters is 1. The predicted molar refractivity (Wildman–Crippen MR) is 89.6 cm³/mol. The second kappa shape index (κ2) is 8.77. The fourth-order valence-electron chi connectivity index (χ4n) is 1.81. The molecule has 0 fully saturated rings. The molecule has 10 heteroatoms. The van der Waals surface area contributed by atoms with Crippen LogP contribution < -0.4 is 10.1 Å². The van der Waals surface area contributed by atoms with E-state index in [1.54, 1.807) is 0 Å². The molecular formula is C16H12ClFN2O6. The number of nitrogens with zero attached hydrogens (tertiary/aromatic N) is 1. The van der Waals surface area contributed by atoms with Crippen molar-refractivity contribution < 1.29 is 28.4 Å². The van der Waals surface area contributed by atoms with Gasteiger partial charge in [-0.15, -0.1) is 0 Å². The SMILES string of the molecule is O=C(COC(=O)COc1ccccc1F)Nc1ccc(Cl)c([N+](=O)[O-])c1. The van der Waals surface area contributed by atoms with Crippen molar-refractivity contribution in [3.63, 3.8) is 0 Å². The van der Waals surface area contributed by atoms with Crippen LogP contribution in [0.3, 0.4) is 0 Å². The van der Waals surface area contributed by atoms with Crippen LogP contribution >= 0.6 is 11.6 Å². The first-order chi connectivity index (χ1) is 12.4. The van der Waals surface area contributed by atoms with Gasteiger partial charge in [-0.25, -0.2) is 9.18 Å². The average Bonchev–Trinajstić information content (AvgIpc) is 2.60. The number of nitrogens with one attached hydrogen (secondary N) is 1. The Kier molecular flexibility index (Phi) is 6.45. The van der Waals surface area contributed by atoms with Crippen molar-refractivity contribution in [2.24, 2.45) is 0 Å². The summed E-state index contributed by atoms with van der Waals surface area (Å²) in [6.07, 6.45) is 0. The highest BCUT2D eigenvalue weighted by atomic mass is 35.5. The van der Waals surface area contributed by atoms with Crippen LogP contribution in [0.4, 0.5) is 15.8 Å². The molecule has 0 aliphatic heterocycles. The Hall–Kier alpha value is -3.20. The standard InChI is InChI=1S/C16H12ClFN2O6/c17-11-6-5-10(7-13(11)20(23)24)19-15(21)8-26-16(22)9-25-14-4-2-1-3-12(14)18/h1-7H,8-9H2,(H,19,21). The Morgan fingerprint density at radius 1 is 1.19 bits per heavy atom. The van der Waals surface area contributed by atoms with Gasteiger partial charge in [0.15, 0.2) is 24.8 Å². The number of halogens is 2. The summed E-state index contributed by atoms with van der Waals surface area (Å²) < 4.78 is 22.9. The van der Waals surface area contributed by atoms with E-state index in [1.165, 1.54) is 36.4 Å². The zero-order chi connectivity index (χ0) is 19.1. The summed E-state index contributed by atoms with van der Waals surface area (Å²) in [5.74, 6) is -2.36. The van der Waals surface area contributed by atoms with Gasteiger partial charge in [-0.2, -0.15) is 0 Å². The van der Waals surface area contributed by atoms with Crippen molar-refractivity contribution in [2.75, 3.05) is 18.5 Å². The van der Waals surface area contributed by atoms with Gasteiger partial charge >= 0.3 is 5.97 Å². The summed E-state index contributed by atoms with van der Waals surface area (Å²) in [5.41, 5.74) is -0.260. The minimum Gasteiger partial charge on any atom is -0.479 e. The van der Waals surface area contributed by atoms with Crippen LogP contribution in [-0.4, -0.2) is 30.0 Å². The Balaban J connectivity index is 1.81. The number of hydrogen-bond acceptors (Lipinski definition) is 6. The van der Waals surface area contributed by atoms with E-state index in [0.29, 0.717) is 0 Å². The molecule has 0 aromatic heterocycles. The van der Waals surface area contributed by atoms with E-state index in [2.05, 4.69) is 10.1 Å². The smallest absolute Gasteiger partial charge is 0.344 e. The molecule has 26 heavy (non-hydrogen) atoms. The second-order valence-electron chi connectivity index (χ2n) is 4.85. The molecular weight excluding hydrogens is 371 g/mol. The van der Waals surface area contributed by atoms with Crippen LogP contribution in [0.2, 0.25) is 5.02 Å². The number of ether oxygens (including phenoxy) is 2. The lowest BCUT2D eigenvalue weighted by Gasteiger charge is -2.08. The number of hydrogen-bond donors (Lipinski definition) is 1. The molecule has 2 aromatic rings. The summed E-state index contributed by atoms with van der Waals surface area (Å²) >= 11 is 5.66. The quantitative estimate of drug-likeness (QED) is 0.448. The minimum absolute atomic E-state index is 0.0790. The summed E-state index contributed by atoms with van der Waals surface area (Å²) in [4.78, 5) is 33.3. The van der Waals surface area contributed by atoms with Gasteiger partial charge in [0, 0.05) is 11.8 Å². The third-order valence-electron chi connectivity index (χ3n) is 2.97. The van der Waals surface area contributed by atoms with Crippen LogP contribution in [0.15, 0.2) is 42.5 Å². The van der Waals surface area contributed by atoms with Crippen molar-refractivity contribution in [3.8, 4) is 5.75 Å². The van der Waals surface area contributed by atoms with E-state index >= 15 is 0 Å². The lowest BCUT2D eigenvalue weighted by atomic mass is 10.3. The molecule has 1 N–H and O–H groups in total. The van der Waals surface area contributed by atoms with Gasteiger partial charge in [0.2, 0.25) is 0 Å². The topological polar surface area (TPSA) is 108 Å². The number of anilines is 1. The number of amides is 1. The van der Waals surface area contributed by atoms with Gasteiger partial charge in [0.1, 0.15) is 5.02 Å². The summed E-state index contributed by atoms with van der Waals surface area (Å²) in [6.45, 7) is -1.23. The predicted octanol–water partition coefficient (Wildman–Crippen LogP) is 2.95. The maximum atomic E-state index is 13.3. The highest BCUT2D eigenvalue weighted by Crippen LogP contribution is 2.27. The summed E-state index contributed by atoms with van der Waals surface area (Å²) in [6, 6.07) is 9.18. The number of nitro groups is 1. The Bertz CT molecular complexity index is 845. The molecule has 136 valence electrons. The molecule has 8 nitrogen and oxygen atoms in total. The third-order valence-corrected chi connectivity index (χ3v) is 3.29. The molecule has 0 spiro atoms. The minimum atomic E-state index is -0.884. The van der Waals surface area contributed by atoms with Crippen LogP contribution in [0.25, 0.3) is 0 Å². The van der Waals surface area contributed by atoms with Gasteiger partial charge < -0.3 is 14.8 Å². The number of para-hydroxylation sites is 1. The number of rotatable bonds is 7. The molecule has 0 unspecified atom stereocenters.